The Morgan fingerprint density at radius 1 is 1.30 bits per heavy atom. The van der Waals surface area contributed by atoms with Crippen LogP contribution in [0.4, 0.5) is 0 Å². The summed E-state index contributed by atoms with van der Waals surface area (Å²) in [4.78, 5) is 8.90. The van der Waals surface area contributed by atoms with Crippen molar-refractivity contribution in [2.75, 3.05) is 6.54 Å². The van der Waals surface area contributed by atoms with Crippen molar-refractivity contribution in [3.63, 3.8) is 0 Å². The van der Waals surface area contributed by atoms with Gasteiger partial charge in [0.15, 0.2) is 5.96 Å². The summed E-state index contributed by atoms with van der Waals surface area (Å²) in [6, 6.07) is 10.1. The number of pyridine rings is 1. The Bertz CT molecular complexity index is 557. The number of hydrogen-bond donors (Lipinski definition) is 2. The topological polar surface area (TPSA) is 62.5 Å². The number of hydrogen-bond acceptors (Lipinski definition) is 3. The lowest BCUT2D eigenvalue weighted by Crippen LogP contribution is -2.42. The Labute approximate surface area is 155 Å². The van der Waals surface area contributed by atoms with Gasteiger partial charge in [0, 0.05) is 25.2 Å². The summed E-state index contributed by atoms with van der Waals surface area (Å²) in [7, 11) is 0. The molecule has 0 aromatic carbocycles. The van der Waals surface area contributed by atoms with E-state index in [2.05, 4.69) is 34.5 Å². The molecule has 126 valence electrons. The van der Waals surface area contributed by atoms with Gasteiger partial charge in [0.05, 0.1) is 18.5 Å². The molecule has 0 bridgehead atoms. The van der Waals surface area contributed by atoms with Crippen LogP contribution in [0.3, 0.4) is 0 Å². The van der Waals surface area contributed by atoms with Crippen LogP contribution in [0.15, 0.2) is 52.2 Å². The van der Waals surface area contributed by atoms with Gasteiger partial charge in [0.2, 0.25) is 0 Å². The lowest BCUT2D eigenvalue weighted by atomic mass is 10.3. The fourth-order valence-corrected chi connectivity index (χ4v) is 1.90. The minimum absolute atomic E-state index is 0. The third-order valence-corrected chi connectivity index (χ3v) is 3.36. The monoisotopic (exact) mass is 428 g/mol. The predicted molar refractivity (Wildman–Crippen MR) is 104 cm³/mol. The predicted octanol–water partition coefficient (Wildman–Crippen LogP) is 3.37. The van der Waals surface area contributed by atoms with Gasteiger partial charge < -0.3 is 15.1 Å². The zero-order valence-electron chi connectivity index (χ0n) is 13.7. The van der Waals surface area contributed by atoms with Gasteiger partial charge in [-0.15, -0.1) is 24.0 Å². The van der Waals surface area contributed by atoms with Crippen molar-refractivity contribution in [2.24, 2.45) is 4.99 Å². The summed E-state index contributed by atoms with van der Waals surface area (Å²) in [5.41, 5.74) is 0.957. The fraction of sp³-hybridized carbons (Fsp3) is 0.412. The van der Waals surface area contributed by atoms with E-state index in [1.807, 2.05) is 30.3 Å². The normalized spacial score (nSPS) is 12.3. The molecule has 0 saturated carbocycles. The van der Waals surface area contributed by atoms with Crippen molar-refractivity contribution < 1.29 is 4.42 Å². The van der Waals surface area contributed by atoms with Crippen LogP contribution in [0.1, 0.15) is 31.7 Å². The lowest BCUT2D eigenvalue weighted by Gasteiger charge is -2.16. The molecule has 5 nitrogen and oxygen atoms in total. The molecular formula is C17H25IN4O. The summed E-state index contributed by atoms with van der Waals surface area (Å²) in [5.74, 6) is 1.78. The maximum Gasteiger partial charge on any atom is 0.191 e. The van der Waals surface area contributed by atoms with Crippen molar-refractivity contribution in [3.8, 4) is 0 Å². The summed E-state index contributed by atoms with van der Waals surface area (Å²) in [6.07, 6.45) is 5.36. The Morgan fingerprint density at radius 3 is 2.83 bits per heavy atom. The number of aliphatic imine (C=N–C) groups is 1. The highest BCUT2D eigenvalue weighted by Crippen LogP contribution is 2.00. The van der Waals surface area contributed by atoms with Crippen LogP contribution in [0.5, 0.6) is 0 Å². The molecule has 0 radical (unpaired) electrons. The third kappa shape index (κ3) is 7.49. The van der Waals surface area contributed by atoms with Crippen molar-refractivity contribution in [2.45, 2.75) is 39.3 Å². The number of guanidine groups is 1. The van der Waals surface area contributed by atoms with Gasteiger partial charge in [-0.1, -0.05) is 13.0 Å². The van der Waals surface area contributed by atoms with Gasteiger partial charge in [0.25, 0.3) is 0 Å². The van der Waals surface area contributed by atoms with E-state index in [0.29, 0.717) is 12.6 Å². The molecule has 0 aliphatic rings. The number of halogens is 1. The van der Waals surface area contributed by atoms with Gasteiger partial charge in [-0.25, -0.2) is 4.99 Å². The Morgan fingerprint density at radius 2 is 2.17 bits per heavy atom. The molecule has 0 aliphatic heterocycles. The first-order valence-electron chi connectivity index (χ1n) is 7.75. The van der Waals surface area contributed by atoms with E-state index in [-0.39, 0.29) is 24.0 Å². The third-order valence-electron chi connectivity index (χ3n) is 3.36. The Balaban J connectivity index is 0.00000264. The molecule has 0 aliphatic carbocycles. The van der Waals surface area contributed by atoms with Gasteiger partial charge in [-0.3, -0.25) is 4.98 Å². The highest BCUT2D eigenvalue weighted by atomic mass is 127. The molecule has 23 heavy (non-hydrogen) atoms. The van der Waals surface area contributed by atoms with E-state index < -0.39 is 0 Å². The molecule has 1 unspecified atom stereocenters. The van der Waals surface area contributed by atoms with E-state index in [1.165, 1.54) is 0 Å². The van der Waals surface area contributed by atoms with Gasteiger partial charge in [-0.2, -0.15) is 0 Å². The van der Waals surface area contributed by atoms with Gasteiger partial charge in [0.1, 0.15) is 5.76 Å². The zero-order valence-corrected chi connectivity index (χ0v) is 16.0. The summed E-state index contributed by atoms with van der Waals surface area (Å²) < 4.78 is 5.34. The zero-order chi connectivity index (χ0) is 15.6. The molecular weight excluding hydrogens is 403 g/mol. The summed E-state index contributed by atoms with van der Waals surface area (Å²) in [6.45, 7) is 5.63. The molecule has 0 saturated heterocycles. The highest BCUT2D eigenvalue weighted by Gasteiger charge is 2.04. The van der Waals surface area contributed by atoms with Crippen LogP contribution in [-0.4, -0.2) is 23.5 Å². The van der Waals surface area contributed by atoms with Crippen molar-refractivity contribution >= 4 is 29.9 Å². The number of furan rings is 1. The van der Waals surface area contributed by atoms with Gasteiger partial charge >= 0.3 is 0 Å². The molecule has 2 aromatic heterocycles. The van der Waals surface area contributed by atoms with Crippen LogP contribution < -0.4 is 10.6 Å². The molecule has 0 spiro atoms. The Hall–Kier alpha value is -1.57. The average Bonchev–Trinajstić information content (AvgIpc) is 3.06. The van der Waals surface area contributed by atoms with Crippen LogP contribution >= 0.6 is 24.0 Å². The minimum atomic E-state index is 0. The number of nitrogens with one attached hydrogen (secondary N) is 2. The van der Waals surface area contributed by atoms with E-state index in [4.69, 9.17) is 4.42 Å². The standard InChI is InChI=1S/C17H24N4O.HI/c1-3-14(2)21-17(19-11-9-16-8-6-12-22-16)20-13-15-7-4-5-10-18-15;/h4-8,10,12,14H,3,9,11,13H2,1-2H3,(H2,19,20,21);1H. The first-order chi connectivity index (χ1) is 10.8. The van der Waals surface area contributed by atoms with Crippen molar-refractivity contribution in [1.82, 2.24) is 15.6 Å². The first-order valence-corrected chi connectivity index (χ1v) is 7.75. The SMILES string of the molecule is CCC(C)NC(=NCc1ccccn1)NCCc1ccco1.I. The van der Waals surface area contributed by atoms with E-state index in [0.717, 1.165) is 36.8 Å². The molecule has 2 aromatic rings. The second-order valence-electron chi connectivity index (χ2n) is 5.20. The van der Waals surface area contributed by atoms with Crippen LogP contribution in [0, 0.1) is 0 Å². The molecule has 2 rings (SSSR count). The van der Waals surface area contributed by atoms with Crippen LogP contribution in [0.25, 0.3) is 0 Å². The molecule has 0 fully saturated rings. The van der Waals surface area contributed by atoms with Gasteiger partial charge in [-0.05, 0) is 37.6 Å². The molecule has 2 heterocycles. The van der Waals surface area contributed by atoms with Crippen molar-refractivity contribution in [3.05, 3.63) is 54.2 Å². The van der Waals surface area contributed by atoms with Crippen molar-refractivity contribution in [1.29, 1.82) is 0 Å². The van der Waals surface area contributed by atoms with Crippen LogP contribution in [0.2, 0.25) is 0 Å². The first kappa shape index (κ1) is 19.5. The fourth-order valence-electron chi connectivity index (χ4n) is 1.90. The summed E-state index contributed by atoms with van der Waals surface area (Å²) in [5, 5.41) is 6.74. The molecule has 6 heteroatoms. The highest BCUT2D eigenvalue weighted by molar-refractivity contribution is 14.0. The average molecular weight is 428 g/mol. The van der Waals surface area contributed by atoms with Crippen LogP contribution in [-0.2, 0) is 13.0 Å². The quantitative estimate of drug-likeness (QED) is 0.403. The van der Waals surface area contributed by atoms with E-state index in [9.17, 15) is 0 Å². The number of nitrogens with zero attached hydrogens (tertiary/aromatic N) is 2. The smallest absolute Gasteiger partial charge is 0.191 e. The van der Waals surface area contributed by atoms with E-state index >= 15 is 0 Å². The van der Waals surface area contributed by atoms with E-state index in [1.54, 1.807) is 12.5 Å². The number of aromatic nitrogens is 1. The Kier molecular flexibility index (Phi) is 9.35. The second kappa shape index (κ2) is 11.0. The minimum Gasteiger partial charge on any atom is -0.469 e. The molecule has 0 amide bonds. The lowest BCUT2D eigenvalue weighted by molar-refractivity contribution is 0.506. The molecule has 2 N–H and O–H groups in total. The maximum absolute atomic E-state index is 5.34. The number of rotatable bonds is 7. The molecule has 1 atom stereocenters. The second-order valence-corrected chi connectivity index (χ2v) is 5.20. The maximum atomic E-state index is 5.34. The largest absolute Gasteiger partial charge is 0.469 e. The summed E-state index contributed by atoms with van der Waals surface area (Å²) >= 11 is 0.